The topological polar surface area (TPSA) is 56.6 Å². The fraction of sp³-hybridized carbons (Fsp3) is 0.333. The lowest BCUT2D eigenvalue weighted by Crippen LogP contribution is -2.35. The second-order valence-corrected chi connectivity index (χ2v) is 8.66. The zero-order valence-electron chi connectivity index (χ0n) is 18.4. The Balaban J connectivity index is 1.82. The highest BCUT2D eigenvalue weighted by Gasteiger charge is 2.41. The fourth-order valence-electron chi connectivity index (χ4n) is 4.40. The Labute approximate surface area is 189 Å². The lowest BCUT2D eigenvalue weighted by molar-refractivity contribution is 0.277. The second kappa shape index (κ2) is 8.69. The van der Waals surface area contributed by atoms with Gasteiger partial charge >= 0.3 is 0 Å². The highest BCUT2D eigenvalue weighted by Crippen LogP contribution is 2.41. The van der Waals surface area contributed by atoms with E-state index in [4.69, 9.17) is 12.2 Å². The van der Waals surface area contributed by atoms with Crippen LogP contribution in [0.1, 0.15) is 34.7 Å². The second-order valence-electron chi connectivity index (χ2n) is 8.27. The number of thiocarbonyl (C=S) groups is 1. The third kappa shape index (κ3) is 4.03. The largest absolute Gasteiger partial charge is 0.506 e. The van der Waals surface area contributed by atoms with Crippen LogP contribution in [-0.4, -0.2) is 56.8 Å². The number of aromatic hydroxyl groups is 1. The molecule has 1 aliphatic rings. The highest BCUT2D eigenvalue weighted by molar-refractivity contribution is 7.80. The number of nitrogens with one attached hydrogen (secondary N) is 1. The number of phenols is 1. The first-order valence-electron chi connectivity index (χ1n) is 10.5. The van der Waals surface area contributed by atoms with Gasteiger partial charge in [0.1, 0.15) is 5.75 Å². The normalized spacial score (nSPS) is 18.6. The number of hydrogen-bond donors (Lipinski definition) is 2. The van der Waals surface area contributed by atoms with Crippen LogP contribution in [0.5, 0.6) is 5.75 Å². The molecule has 0 saturated carbocycles. The van der Waals surface area contributed by atoms with Crippen LogP contribution in [0.15, 0.2) is 54.7 Å². The van der Waals surface area contributed by atoms with E-state index >= 15 is 0 Å². The summed E-state index contributed by atoms with van der Waals surface area (Å²) in [6.07, 6.45) is 1.82. The van der Waals surface area contributed by atoms with Crippen molar-refractivity contribution in [1.82, 2.24) is 24.7 Å². The average molecular weight is 436 g/mol. The van der Waals surface area contributed by atoms with Gasteiger partial charge < -0.3 is 24.8 Å². The molecule has 1 aromatic carbocycles. The van der Waals surface area contributed by atoms with Gasteiger partial charge in [-0.2, -0.15) is 0 Å². The molecule has 0 unspecified atom stereocenters. The number of benzene rings is 1. The van der Waals surface area contributed by atoms with E-state index in [-0.39, 0.29) is 17.8 Å². The molecule has 2 atom stereocenters. The monoisotopic (exact) mass is 435 g/mol. The van der Waals surface area contributed by atoms with Gasteiger partial charge in [-0.05, 0) is 76.1 Å². The van der Waals surface area contributed by atoms with Gasteiger partial charge in [-0.1, -0.05) is 18.2 Å². The van der Waals surface area contributed by atoms with E-state index in [1.165, 1.54) is 5.56 Å². The first-order valence-corrected chi connectivity index (χ1v) is 10.9. The van der Waals surface area contributed by atoms with Gasteiger partial charge in [0, 0.05) is 30.7 Å². The summed E-state index contributed by atoms with van der Waals surface area (Å²) in [6.45, 7) is 5.89. The molecule has 0 spiro atoms. The summed E-state index contributed by atoms with van der Waals surface area (Å²) in [5.74, 6) is 0.265. The van der Waals surface area contributed by atoms with Crippen molar-refractivity contribution in [2.45, 2.75) is 25.9 Å². The van der Waals surface area contributed by atoms with Gasteiger partial charge in [-0.25, -0.2) is 0 Å². The van der Waals surface area contributed by atoms with Crippen molar-refractivity contribution < 1.29 is 5.11 Å². The maximum Gasteiger partial charge on any atom is 0.170 e. The van der Waals surface area contributed by atoms with Crippen molar-refractivity contribution in [3.8, 4) is 11.4 Å². The van der Waals surface area contributed by atoms with E-state index < -0.39 is 0 Å². The van der Waals surface area contributed by atoms with E-state index in [0.717, 1.165) is 41.0 Å². The summed E-state index contributed by atoms with van der Waals surface area (Å²) in [6, 6.07) is 15.6. The summed E-state index contributed by atoms with van der Waals surface area (Å²) < 4.78 is 2.12. The molecule has 7 heteroatoms. The standard InChI is InChI=1S/C24H29N5OS/c1-16-15-18(17(2)29(16)20-10-5-6-11-21(20)30)23-22(19-9-7-8-12-25-19)26-24(31)28(23)14-13-27(3)4/h5-12,15,22-23,30H,13-14H2,1-4H3,(H,26,31)/t22-,23+/m1/s1. The number of aryl methyl sites for hydroxylation is 1. The third-order valence-electron chi connectivity index (χ3n) is 5.90. The van der Waals surface area contributed by atoms with Crippen molar-refractivity contribution in [2.75, 3.05) is 27.2 Å². The van der Waals surface area contributed by atoms with Gasteiger partial charge in [0.2, 0.25) is 0 Å². The average Bonchev–Trinajstić information content (AvgIpc) is 3.23. The minimum absolute atomic E-state index is 0.00755. The van der Waals surface area contributed by atoms with Crippen molar-refractivity contribution >= 4 is 17.3 Å². The molecule has 3 heterocycles. The fourth-order valence-corrected chi connectivity index (χ4v) is 4.74. The SMILES string of the molecule is Cc1cc([C@H]2[C@@H](c3ccccn3)NC(=S)N2CCN(C)C)c(C)n1-c1ccccc1O. The van der Waals surface area contributed by atoms with Crippen LogP contribution in [0, 0.1) is 13.8 Å². The summed E-state index contributed by atoms with van der Waals surface area (Å²) in [7, 11) is 4.14. The number of nitrogens with zero attached hydrogens (tertiary/aromatic N) is 4. The van der Waals surface area contributed by atoms with Crippen molar-refractivity contribution in [1.29, 1.82) is 0 Å². The molecule has 3 aromatic rings. The van der Waals surface area contributed by atoms with Gasteiger partial charge in [0.25, 0.3) is 0 Å². The maximum atomic E-state index is 10.5. The van der Waals surface area contributed by atoms with Crippen molar-refractivity contribution in [2.24, 2.45) is 0 Å². The van der Waals surface area contributed by atoms with Crippen LogP contribution < -0.4 is 5.32 Å². The Morgan fingerprint density at radius 1 is 1.13 bits per heavy atom. The minimum atomic E-state index is -0.0471. The molecule has 31 heavy (non-hydrogen) atoms. The van der Waals surface area contributed by atoms with E-state index in [1.54, 1.807) is 6.07 Å². The summed E-state index contributed by atoms with van der Waals surface area (Å²) in [4.78, 5) is 9.06. The molecule has 0 bridgehead atoms. The first-order chi connectivity index (χ1) is 14.9. The van der Waals surface area contributed by atoms with Crippen molar-refractivity contribution in [3.63, 3.8) is 0 Å². The third-order valence-corrected chi connectivity index (χ3v) is 6.25. The Morgan fingerprint density at radius 2 is 1.87 bits per heavy atom. The minimum Gasteiger partial charge on any atom is -0.506 e. The van der Waals surface area contributed by atoms with Crippen LogP contribution in [-0.2, 0) is 0 Å². The molecule has 4 rings (SSSR count). The van der Waals surface area contributed by atoms with Gasteiger partial charge in [0.15, 0.2) is 5.11 Å². The van der Waals surface area contributed by atoms with Gasteiger partial charge in [0.05, 0.1) is 23.5 Å². The Bertz CT molecular complexity index is 1080. The van der Waals surface area contributed by atoms with Crippen molar-refractivity contribution in [3.05, 3.63) is 77.4 Å². The predicted octanol–water partition coefficient (Wildman–Crippen LogP) is 3.73. The van der Waals surface area contributed by atoms with E-state index in [2.05, 4.69) is 58.7 Å². The lowest BCUT2D eigenvalue weighted by Gasteiger charge is -2.29. The molecule has 0 amide bonds. The lowest BCUT2D eigenvalue weighted by atomic mass is 9.96. The number of aromatic nitrogens is 2. The number of phenolic OH excluding ortho intramolecular Hbond substituents is 1. The smallest absolute Gasteiger partial charge is 0.170 e. The van der Waals surface area contributed by atoms with Crippen LogP contribution in [0.4, 0.5) is 0 Å². The zero-order valence-corrected chi connectivity index (χ0v) is 19.2. The van der Waals surface area contributed by atoms with E-state index in [1.807, 2.05) is 42.6 Å². The molecular weight excluding hydrogens is 406 g/mol. The van der Waals surface area contributed by atoms with Crippen LogP contribution >= 0.6 is 12.2 Å². The van der Waals surface area contributed by atoms with Crippen LogP contribution in [0.2, 0.25) is 0 Å². The summed E-state index contributed by atoms with van der Waals surface area (Å²) in [5, 5.41) is 14.7. The summed E-state index contributed by atoms with van der Waals surface area (Å²) >= 11 is 5.77. The summed E-state index contributed by atoms with van der Waals surface area (Å²) in [5.41, 5.74) is 5.09. The van der Waals surface area contributed by atoms with Crippen LogP contribution in [0.25, 0.3) is 5.69 Å². The maximum absolute atomic E-state index is 10.5. The van der Waals surface area contributed by atoms with Gasteiger partial charge in [-0.3, -0.25) is 4.98 Å². The predicted molar refractivity (Wildman–Crippen MR) is 128 cm³/mol. The van der Waals surface area contributed by atoms with Crippen LogP contribution in [0.3, 0.4) is 0 Å². The highest BCUT2D eigenvalue weighted by atomic mass is 32.1. The molecule has 0 radical (unpaired) electrons. The number of para-hydroxylation sites is 2. The molecule has 2 N–H and O–H groups in total. The molecule has 1 aliphatic heterocycles. The van der Waals surface area contributed by atoms with Gasteiger partial charge in [-0.15, -0.1) is 0 Å². The molecule has 2 aromatic heterocycles. The molecule has 162 valence electrons. The molecule has 1 fully saturated rings. The number of likely N-dealkylation sites (N-methyl/N-ethyl adjacent to an activating group) is 1. The molecular formula is C24H29N5OS. The van der Waals surface area contributed by atoms with E-state index in [0.29, 0.717) is 0 Å². The number of pyridine rings is 1. The Hall–Kier alpha value is -2.90. The first kappa shape index (κ1) is 21.3. The Morgan fingerprint density at radius 3 is 2.55 bits per heavy atom. The molecule has 0 aliphatic carbocycles. The molecule has 1 saturated heterocycles. The molecule has 6 nitrogen and oxygen atoms in total. The number of rotatable bonds is 6. The quantitative estimate of drug-likeness (QED) is 0.576. The van der Waals surface area contributed by atoms with E-state index in [9.17, 15) is 5.11 Å². The number of hydrogen-bond acceptors (Lipinski definition) is 4. The zero-order chi connectivity index (χ0) is 22.1. The Kier molecular flexibility index (Phi) is 5.98.